The van der Waals surface area contributed by atoms with Crippen molar-refractivity contribution in [3.8, 4) is 11.8 Å². The maximum Gasteiger partial charge on any atom is 0.262 e. The first-order valence-corrected chi connectivity index (χ1v) is 10.0. The van der Waals surface area contributed by atoms with Crippen molar-refractivity contribution in [1.82, 2.24) is 9.88 Å². The van der Waals surface area contributed by atoms with Crippen LogP contribution in [0.4, 0.5) is 0 Å². The van der Waals surface area contributed by atoms with Crippen LogP contribution in [0.15, 0.2) is 52.5 Å². The minimum atomic E-state index is -0.400. The lowest BCUT2D eigenvalue weighted by Crippen LogP contribution is -2.27. The van der Waals surface area contributed by atoms with Crippen molar-refractivity contribution >= 4 is 38.7 Å². The van der Waals surface area contributed by atoms with Gasteiger partial charge in [0.05, 0.1) is 12.3 Å². The number of carbonyl (C=O) groups is 1. The largest absolute Gasteiger partial charge is 0.383 e. The molecule has 0 unspecified atom stereocenters. The maximum absolute atomic E-state index is 12.3. The van der Waals surface area contributed by atoms with Gasteiger partial charge in [-0.1, -0.05) is 40.2 Å². The molecule has 5 nitrogen and oxygen atoms in total. The van der Waals surface area contributed by atoms with Crippen LogP contribution in [0.25, 0.3) is 22.5 Å². The first-order valence-electron chi connectivity index (χ1n) is 9.23. The predicted octanol–water partition coefficient (Wildman–Crippen LogP) is 4.68. The van der Waals surface area contributed by atoms with E-state index in [9.17, 15) is 10.1 Å². The molecule has 6 heteroatoms. The molecule has 29 heavy (non-hydrogen) atoms. The van der Waals surface area contributed by atoms with Crippen molar-refractivity contribution in [2.45, 2.75) is 13.8 Å². The first-order chi connectivity index (χ1) is 14.0. The van der Waals surface area contributed by atoms with Gasteiger partial charge in [-0.2, -0.15) is 5.26 Å². The lowest BCUT2D eigenvalue weighted by Gasteiger charge is -2.14. The molecule has 1 N–H and O–H groups in total. The quantitative estimate of drug-likeness (QED) is 0.336. The number of benzene rings is 2. The molecule has 1 heterocycles. The summed E-state index contributed by atoms with van der Waals surface area (Å²) in [4.78, 5) is 12.3. The van der Waals surface area contributed by atoms with Gasteiger partial charge in [-0.3, -0.25) is 4.79 Å². The van der Waals surface area contributed by atoms with E-state index in [0.29, 0.717) is 13.2 Å². The average molecular weight is 452 g/mol. The second kappa shape index (κ2) is 9.08. The number of hydrogen-bond acceptors (Lipinski definition) is 3. The van der Waals surface area contributed by atoms with Crippen LogP contribution >= 0.6 is 15.9 Å². The molecule has 3 rings (SSSR count). The highest BCUT2D eigenvalue weighted by Gasteiger charge is 2.15. The molecular formula is C23H22BrN3O2. The number of aromatic nitrogens is 1. The Morgan fingerprint density at radius 2 is 1.97 bits per heavy atom. The summed E-state index contributed by atoms with van der Waals surface area (Å²) in [6.07, 6.45) is 1.64. The number of nitriles is 1. The van der Waals surface area contributed by atoms with E-state index < -0.39 is 5.91 Å². The highest BCUT2D eigenvalue weighted by atomic mass is 79.9. The minimum Gasteiger partial charge on any atom is -0.383 e. The highest BCUT2D eigenvalue weighted by Crippen LogP contribution is 2.32. The molecule has 0 bridgehead atoms. The second-order valence-electron chi connectivity index (χ2n) is 6.69. The second-order valence-corrected chi connectivity index (χ2v) is 7.55. The zero-order valence-electron chi connectivity index (χ0n) is 16.6. The van der Waals surface area contributed by atoms with Gasteiger partial charge >= 0.3 is 0 Å². The smallest absolute Gasteiger partial charge is 0.262 e. The summed E-state index contributed by atoms with van der Waals surface area (Å²) < 4.78 is 8.12. The summed E-state index contributed by atoms with van der Waals surface area (Å²) in [5.74, 6) is -0.400. The molecule has 0 radical (unpaired) electrons. The van der Waals surface area contributed by atoms with Crippen LogP contribution < -0.4 is 5.32 Å². The van der Waals surface area contributed by atoms with Crippen molar-refractivity contribution in [3.05, 3.63) is 69.5 Å². The number of nitrogens with zero attached hydrogens (tertiary/aromatic N) is 2. The zero-order valence-corrected chi connectivity index (χ0v) is 18.2. The highest BCUT2D eigenvalue weighted by molar-refractivity contribution is 9.10. The molecule has 0 saturated carbocycles. The summed E-state index contributed by atoms with van der Waals surface area (Å²) in [7, 11) is 1.56. The molecule has 3 aromatic rings. The van der Waals surface area contributed by atoms with Crippen LogP contribution in [-0.4, -0.2) is 30.7 Å². The fourth-order valence-electron chi connectivity index (χ4n) is 3.41. The molecule has 148 valence electrons. The molecule has 0 aliphatic carbocycles. The molecule has 2 aromatic carbocycles. The van der Waals surface area contributed by atoms with Gasteiger partial charge in [0, 0.05) is 34.9 Å². The van der Waals surface area contributed by atoms with E-state index in [1.807, 2.05) is 44.2 Å². The number of aryl methyl sites for hydroxylation is 1. The van der Waals surface area contributed by atoms with Crippen LogP contribution in [0.2, 0.25) is 0 Å². The molecule has 0 saturated heterocycles. The van der Waals surface area contributed by atoms with Crippen molar-refractivity contribution in [1.29, 1.82) is 5.26 Å². The third-order valence-electron chi connectivity index (χ3n) is 4.82. The molecule has 0 aliphatic rings. The molecular weight excluding hydrogens is 430 g/mol. The zero-order chi connectivity index (χ0) is 21.0. The average Bonchev–Trinajstić information content (AvgIpc) is 3.00. The monoisotopic (exact) mass is 451 g/mol. The van der Waals surface area contributed by atoms with E-state index >= 15 is 0 Å². The standard InChI is InChI=1S/C23H22BrN3O2/c1-15-12-17(13-18(14-25)23(28)26-10-11-29-3)16(2)27(15)22-9-8-21(24)19-6-4-5-7-20(19)22/h4-9,12-13H,10-11H2,1-3H3,(H,26,28). The lowest BCUT2D eigenvalue weighted by molar-refractivity contribution is -0.117. The lowest BCUT2D eigenvalue weighted by atomic mass is 10.1. The Labute approximate surface area is 178 Å². The summed E-state index contributed by atoms with van der Waals surface area (Å²) in [6, 6.07) is 16.3. The van der Waals surface area contributed by atoms with Crippen LogP contribution in [0, 0.1) is 25.2 Å². The number of fused-ring (bicyclic) bond motifs is 1. The van der Waals surface area contributed by atoms with Crippen molar-refractivity contribution in [3.63, 3.8) is 0 Å². The topological polar surface area (TPSA) is 67.0 Å². The molecule has 1 amide bonds. The number of halogens is 1. The van der Waals surface area contributed by atoms with E-state index in [2.05, 4.69) is 44.0 Å². The van der Waals surface area contributed by atoms with E-state index in [-0.39, 0.29) is 5.57 Å². The summed E-state index contributed by atoms with van der Waals surface area (Å²) in [5.41, 5.74) is 3.96. The van der Waals surface area contributed by atoms with E-state index in [1.54, 1.807) is 13.2 Å². The molecule has 0 atom stereocenters. The Hall–Kier alpha value is -2.88. The minimum absolute atomic E-state index is 0.0713. The Morgan fingerprint density at radius 3 is 2.66 bits per heavy atom. The fraction of sp³-hybridized carbons (Fsp3) is 0.217. The third-order valence-corrected chi connectivity index (χ3v) is 5.51. The fourth-order valence-corrected chi connectivity index (χ4v) is 3.89. The van der Waals surface area contributed by atoms with Gasteiger partial charge in [0.1, 0.15) is 11.6 Å². The number of ether oxygens (including phenoxy) is 1. The van der Waals surface area contributed by atoms with Crippen molar-refractivity contribution < 1.29 is 9.53 Å². The number of carbonyl (C=O) groups excluding carboxylic acids is 1. The number of rotatable bonds is 6. The van der Waals surface area contributed by atoms with Crippen LogP contribution in [0.1, 0.15) is 17.0 Å². The Morgan fingerprint density at radius 1 is 1.24 bits per heavy atom. The predicted molar refractivity (Wildman–Crippen MR) is 119 cm³/mol. The van der Waals surface area contributed by atoms with Crippen LogP contribution in [0.5, 0.6) is 0 Å². The molecule has 0 aliphatic heterocycles. The van der Waals surface area contributed by atoms with E-state index in [4.69, 9.17) is 4.74 Å². The first kappa shape index (κ1) is 20.8. The van der Waals surface area contributed by atoms with Crippen molar-refractivity contribution in [2.24, 2.45) is 0 Å². The Bertz CT molecular complexity index is 1140. The van der Waals surface area contributed by atoms with Gasteiger partial charge in [-0.05, 0) is 49.1 Å². The van der Waals surface area contributed by atoms with E-state index in [1.165, 1.54) is 0 Å². The van der Waals surface area contributed by atoms with E-state index in [0.717, 1.165) is 37.9 Å². The summed E-state index contributed by atoms with van der Waals surface area (Å²) >= 11 is 3.62. The van der Waals surface area contributed by atoms with Crippen molar-refractivity contribution in [2.75, 3.05) is 20.3 Å². The number of hydrogen-bond donors (Lipinski definition) is 1. The molecule has 0 fully saturated rings. The van der Waals surface area contributed by atoms with Gasteiger partial charge in [0.2, 0.25) is 0 Å². The van der Waals surface area contributed by atoms with Gasteiger partial charge in [-0.15, -0.1) is 0 Å². The Balaban J connectivity index is 2.05. The molecule has 1 aromatic heterocycles. The van der Waals surface area contributed by atoms with Gasteiger partial charge in [0.25, 0.3) is 5.91 Å². The summed E-state index contributed by atoms with van der Waals surface area (Å²) in [6.45, 7) is 4.77. The SMILES string of the molecule is COCCNC(=O)C(C#N)=Cc1cc(C)n(-c2ccc(Br)c3ccccc23)c1C. The maximum atomic E-state index is 12.3. The number of amides is 1. The third kappa shape index (κ3) is 4.26. The number of methoxy groups -OCH3 is 1. The van der Waals surface area contributed by atoms with Gasteiger partial charge < -0.3 is 14.6 Å². The Kier molecular flexibility index (Phi) is 6.53. The summed E-state index contributed by atoms with van der Waals surface area (Å²) in [5, 5.41) is 14.4. The van der Waals surface area contributed by atoms with Gasteiger partial charge in [0.15, 0.2) is 0 Å². The number of nitrogens with one attached hydrogen (secondary N) is 1. The van der Waals surface area contributed by atoms with Crippen LogP contribution in [-0.2, 0) is 9.53 Å². The van der Waals surface area contributed by atoms with Gasteiger partial charge in [-0.25, -0.2) is 0 Å². The normalized spacial score (nSPS) is 11.5. The molecule has 0 spiro atoms. The van der Waals surface area contributed by atoms with Crippen LogP contribution in [0.3, 0.4) is 0 Å².